The highest BCUT2D eigenvalue weighted by Crippen LogP contribution is 2.36. The lowest BCUT2D eigenvalue weighted by molar-refractivity contribution is 0.129. The normalized spacial score (nSPS) is 23.7. The molecule has 0 amide bonds. The van der Waals surface area contributed by atoms with Crippen LogP contribution >= 0.6 is 0 Å². The summed E-state index contributed by atoms with van der Waals surface area (Å²) >= 11 is 0. The van der Waals surface area contributed by atoms with Crippen LogP contribution in [0.2, 0.25) is 0 Å². The molecule has 1 aliphatic carbocycles. The number of nitrogens with one attached hydrogen (secondary N) is 1. The van der Waals surface area contributed by atoms with Gasteiger partial charge in [0.05, 0.1) is 6.10 Å². The third kappa shape index (κ3) is 3.56. The van der Waals surface area contributed by atoms with E-state index >= 15 is 0 Å². The summed E-state index contributed by atoms with van der Waals surface area (Å²) in [5, 5.41) is 13.5. The van der Waals surface area contributed by atoms with Gasteiger partial charge in [-0.05, 0) is 44.5 Å². The summed E-state index contributed by atoms with van der Waals surface area (Å²) < 4.78 is 0. The van der Waals surface area contributed by atoms with Gasteiger partial charge in [-0.3, -0.25) is 0 Å². The van der Waals surface area contributed by atoms with Gasteiger partial charge >= 0.3 is 0 Å². The molecule has 1 aromatic carbocycles. The predicted octanol–water partition coefficient (Wildman–Crippen LogP) is 1.74. The Kier molecular flexibility index (Phi) is 4.61. The number of rotatable bonds is 5. The second-order valence-corrected chi connectivity index (χ2v) is 6.19. The predicted molar refractivity (Wildman–Crippen MR) is 79.4 cm³/mol. The Morgan fingerprint density at radius 3 is 2.84 bits per heavy atom. The number of nitrogens with zero attached hydrogens (tertiary/aromatic N) is 1. The molecule has 3 unspecified atom stereocenters. The Hall–Kier alpha value is -0.900. The molecule has 1 aliphatic rings. The zero-order valence-electron chi connectivity index (χ0n) is 12.5. The minimum Gasteiger partial charge on any atom is -0.390 e. The molecule has 2 rings (SSSR count). The van der Waals surface area contributed by atoms with Crippen molar-refractivity contribution in [2.45, 2.75) is 32.4 Å². The van der Waals surface area contributed by atoms with E-state index in [0.717, 1.165) is 6.42 Å². The molecular formula is C16H26N2O. The van der Waals surface area contributed by atoms with E-state index in [2.05, 4.69) is 37.4 Å². The van der Waals surface area contributed by atoms with E-state index in [1.54, 1.807) is 0 Å². The summed E-state index contributed by atoms with van der Waals surface area (Å²) in [5.74, 6) is 0.600. The van der Waals surface area contributed by atoms with Gasteiger partial charge in [-0.25, -0.2) is 0 Å². The monoisotopic (exact) mass is 262 g/mol. The van der Waals surface area contributed by atoms with Crippen molar-refractivity contribution in [3.63, 3.8) is 0 Å². The summed E-state index contributed by atoms with van der Waals surface area (Å²) in [7, 11) is 3.97. The highest BCUT2D eigenvalue weighted by Gasteiger charge is 2.29. The van der Waals surface area contributed by atoms with Gasteiger partial charge in [0, 0.05) is 19.1 Å². The van der Waals surface area contributed by atoms with Crippen LogP contribution in [0.25, 0.3) is 0 Å². The SMILES string of the molecule is Cc1ccc2c(c1)C(NCC(O)CN(C)C)C(C)C2. The van der Waals surface area contributed by atoms with Crippen LogP contribution in [0.5, 0.6) is 0 Å². The first-order valence-corrected chi connectivity index (χ1v) is 7.13. The highest BCUT2D eigenvalue weighted by molar-refractivity contribution is 5.38. The zero-order valence-corrected chi connectivity index (χ0v) is 12.5. The van der Waals surface area contributed by atoms with Crippen LogP contribution in [0, 0.1) is 12.8 Å². The van der Waals surface area contributed by atoms with Crippen LogP contribution < -0.4 is 5.32 Å². The van der Waals surface area contributed by atoms with Crippen LogP contribution in [0.15, 0.2) is 18.2 Å². The number of aliphatic hydroxyl groups excluding tert-OH is 1. The van der Waals surface area contributed by atoms with Gasteiger partial charge in [-0.1, -0.05) is 30.7 Å². The molecule has 106 valence electrons. The molecule has 0 saturated carbocycles. The minimum atomic E-state index is -0.309. The molecular weight excluding hydrogens is 236 g/mol. The van der Waals surface area contributed by atoms with Gasteiger partial charge in [-0.15, -0.1) is 0 Å². The standard InChI is InChI=1S/C16H26N2O/c1-11-5-6-13-8-12(2)16(15(13)7-11)17-9-14(19)10-18(3)4/h5-7,12,14,16-17,19H,8-10H2,1-4H3. The number of likely N-dealkylation sites (N-methyl/N-ethyl adjacent to an activating group) is 1. The van der Waals surface area contributed by atoms with Crippen LogP contribution in [0.1, 0.15) is 29.7 Å². The fraction of sp³-hybridized carbons (Fsp3) is 0.625. The Morgan fingerprint density at radius 1 is 1.42 bits per heavy atom. The summed E-state index contributed by atoms with van der Waals surface area (Å²) in [6.45, 7) is 5.78. The molecule has 0 spiro atoms. The second-order valence-electron chi connectivity index (χ2n) is 6.19. The molecule has 0 fully saturated rings. The van der Waals surface area contributed by atoms with Crippen LogP contribution in [0.4, 0.5) is 0 Å². The van der Waals surface area contributed by atoms with E-state index in [0.29, 0.717) is 25.0 Å². The minimum absolute atomic E-state index is 0.309. The largest absolute Gasteiger partial charge is 0.390 e. The molecule has 2 N–H and O–H groups in total. The van der Waals surface area contributed by atoms with Gasteiger partial charge in [0.15, 0.2) is 0 Å². The first-order valence-electron chi connectivity index (χ1n) is 7.13. The first kappa shape index (κ1) is 14.5. The third-order valence-electron chi connectivity index (χ3n) is 3.90. The Labute approximate surface area is 116 Å². The summed E-state index contributed by atoms with van der Waals surface area (Å²) in [4.78, 5) is 2.02. The van der Waals surface area contributed by atoms with Crippen molar-refractivity contribution < 1.29 is 5.11 Å². The van der Waals surface area contributed by atoms with Crippen molar-refractivity contribution in [2.24, 2.45) is 5.92 Å². The number of aliphatic hydroxyl groups is 1. The second kappa shape index (κ2) is 6.04. The molecule has 3 atom stereocenters. The molecule has 3 nitrogen and oxygen atoms in total. The summed E-state index contributed by atoms with van der Waals surface area (Å²) in [6, 6.07) is 7.11. The number of aryl methyl sites for hydroxylation is 1. The average Bonchev–Trinajstić information content (AvgIpc) is 2.61. The van der Waals surface area contributed by atoms with Crippen molar-refractivity contribution in [1.29, 1.82) is 0 Å². The fourth-order valence-corrected chi connectivity index (χ4v) is 3.02. The van der Waals surface area contributed by atoms with Gasteiger partial charge in [0.25, 0.3) is 0 Å². The maximum atomic E-state index is 9.96. The number of hydrogen-bond acceptors (Lipinski definition) is 3. The summed E-state index contributed by atoms with van der Waals surface area (Å²) in [6.07, 6.45) is 0.827. The molecule has 0 bridgehead atoms. The lowest BCUT2D eigenvalue weighted by Gasteiger charge is -2.22. The average molecular weight is 262 g/mol. The number of benzene rings is 1. The Balaban J connectivity index is 2.00. The Bertz CT molecular complexity index is 431. The fourth-order valence-electron chi connectivity index (χ4n) is 3.02. The van der Waals surface area contributed by atoms with E-state index in [9.17, 15) is 5.11 Å². The molecule has 1 aromatic rings. The first-order chi connectivity index (χ1) is 8.97. The van der Waals surface area contributed by atoms with E-state index in [4.69, 9.17) is 0 Å². The van der Waals surface area contributed by atoms with Gasteiger partial charge < -0.3 is 15.3 Å². The molecule has 0 aromatic heterocycles. The lowest BCUT2D eigenvalue weighted by atomic mass is 10.0. The van der Waals surface area contributed by atoms with Crippen molar-refractivity contribution in [3.8, 4) is 0 Å². The van der Waals surface area contributed by atoms with Crippen molar-refractivity contribution >= 4 is 0 Å². The van der Waals surface area contributed by atoms with Crippen LogP contribution in [0.3, 0.4) is 0 Å². The molecule has 3 heteroatoms. The quantitative estimate of drug-likeness (QED) is 0.848. The van der Waals surface area contributed by atoms with Gasteiger partial charge in [-0.2, -0.15) is 0 Å². The summed E-state index contributed by atoms with van der Waals surface area (Å²) in [5.41, 5.74) is 4.19. The molecule has 0 saturated heterocycles. The lowest BCUT2D eigenvalue weighted by Crippen LogP contribution is -2.37. The zero-order chi connectivity index (χ0) is 14.0. The number of hydrogen-bond donors (Lipinski definition) is 2. The highest BCUT2D eigenvalue weighted by atomic mass is 16.3. The smallest absolute Gasteiger partial charge is 0.0791 e. The van der Waals surface area contributed by atoms with Crippen molar-refractivity contribution in [3.05, 3.63) is 34.9 Å². The molecule has 0 radical (unpaired) electrons. The van der Waals surface area contributed by atoms with E-state index in [1.165, 1.54) is 16.7 Å². The van der Waals surface area contributed by atoms with Crippen LogP contribution in [-0.4, -0.2) is 43.3 Å². The van der Waals surface area contributed by atoms with Crippen molar-refractivity contribution in [1.82, 2.24) is 10.2 Å². The van der Waals surface area contributed by atoms with E-state index in [1.807, 2.05) is 19.0 Å². The van der Waals surface area contributed by atoms with Crippen LogP contribution in [-0.2, 0) is 6.42 Å². The topological polar surface area (TPSA) is 35.5 Å². The van der Waals surface area contributed by atoms with E-state index < -0.39 is 0 Å². The Morgan fingerprint density at radius 2 is 2.16 bits per heavy atom. The molecule has 19 heavy (non-hydrogen) atoms. The third-order valence-corrected chi connectivity index (χ3v) is 3.90. The maximum absolute atomic E-state index is 9.96. The maximum Gasteiger partial charge on any atom is 0.0791 e. The molecule has 0 aliphatic heterocycles. The van der Waals surface area contributed by atoms with Gasteiger partial charge in [0.2, 0.25) is 0 Å². The van der Waals surface area contributed by atoms with E-state index in [-0.39, 0.29) is 6.10 Å². The number of fused-ring (bicyclic) bond motifs is 1. The van der Waals surface area contributed by atoms with Crippen molar-refractivity contribution in [2.75, 3.05) is 27.2 Å². The molecule has 0 heterocycles. The van der Waals surface area contributed by atoms with Gasteiger partial charge in [0.1, 0.15) is 0 Å².